The Morgan fingerprint density at radius 2 is 1.56 bits per heavy atom. The summed E-state index contributed by atoms with van der Waals surface area (Å²) in [6, 6.07) is 17.9. The number of halogens is 2. The molecule has 0 radical (unpaired) electrons. The molecule has 0 bridgehead atoms. The SMILES string of the molecule is Clc1ccc(-c2cc(C(c3ccc(Cl)cc3)n3ccnc3)c[nH]2)cc1. The van der Waals surface area contributed by atoms with Crippen LogP contribution >= 0.6 is 23.2 Å². The van der Waals surface area contributed by atoms with Crippen molar-refractivity contribution in [2.75, 3.05) is 0 Å². The molecule has 0 fully saturated rings. The van der Waals surface area contributed by atoms with Crippen LogP contribution in [0.1, 0.15) is 17.2 Å². The van der Waals surface area contributed by atoms with E-state index in [0.29, 0.717) is 0 Å². The third-order valence-electron chi connectivity index (χ3n) is 4.19. The Balaban J connectivity index is 1.75. The van der Waals surface area contributed by atoms with Crippen LogP contribution in [0.5, 0.6) is 0 Å². The molecule has 0 spiro atoms. The van der Waals surface area contributed by atoms with Gasteiger partial charge in [-0.25, -0.2) is 4.98 Å². The van der Waals surface area contributed by atoms with E-state index in [-0.39, 0.29) is 6.04 Å². The van der Waals surface area contributed by atoms with Crippen molar-refractivity contribution in [2.24, 2.45) is 0 Å². The van der Waals surface area contributed by atoms with Crippen LogP contribution in [0.15, 0.2) is 79.5 Å². The lowest BCUT2D eigenvalue weighted by Gasteiger charge is -2.18. The van der Waals surface area contributed by atoms with Crippen LogP contribution in [-0.2, 0) is 0 Å². The molecule has 1 atom stereocenters. The van der Waals surface area contributed by atoms with Gasteiger partial charge >= 0.3 is 0 Å². The molecule has 4 rings (SSSR count). The average molecular weight is 368 g/mol. The minimum Gasteiger partial charge on any atom is -0.361 e. The van der Waals surface area contributed by atoms with Crippen LogP contribution in [0.2, 0.25) is 10.0 Å². The topological polar surface area (TPSA) is 33.6 Å². The molecule has 1 N–H and O–H groups in total. The molecule has 25 heavy (non-hydrogen) atoms. The van der Waals surface area contributed by atoms with Gasteiger partial charge in [0.1, 0.15) is 0 Å². The average Bonchev–Trinajstić information content (AvgIpc) is 3.30. The van der Waals surface area contributed by atoms with Crippen molar-refractivity contribution in [3.05, 3.63) is 101 Å². The van der Waals surface area contributed by atoms with Crippen molar-refractivity contribution in [3.63, 3.8) is 0 Å². The minimum atomic E-state index is 0.0251. The van der Waals surface area contributed by atoms with Gasteiger partial charge in [-0.15, -0.1) is 0 Å². The number of nitrogens with one attached hydrogen (secondary N) is 1. The van der Waals surface area contributed by atoms with E-state index < -0.39 is 0 Å². The second-order valence-electron chi connectivity index (χ2n) is 5.82. The van der Waals surface area contributed by atoms with E-state index in [1.165, 1.54) is 0 Å². The molecule has 2 aromatic carbocycles. The highest BCUT2D eigenvalue weighted by molar-refractivity contribution is 6.30. The zero-order chi connectivity index (χ0) is 17.2. The monoisotopic (exact) mass is 367 g/mol. The molecule has 4 aromatic rings. The summed E-state index contributed by atoms with van der Waals surface area (Å²) >= 11 is 12.0. The molecule has 5 heteroatoms. The summed E-state index contributed by atoms with van der Waals surface area (Å²) in [5.74, 6) is 0. The number of imidazole rings is 1. The smallest absolute Gasteiger partial charge is 0.0954 e. The van der Waals surface area contributed by atoms with Crippen LogP contribution in [0, 0.1) is 0 Å². The fourth-order valence-electron chi connectivity index (χ4n) is 2.97. The Morgan fingerprint density at radius 1 is 0.880 bits per heavy atom. The lowest BCUT2D eigenvalue weighted by Crippen LogP contribution is -2.09. The zero-order valence-corrected chi connectivity index (χ0v) is 14.7. The number of hydrogen-bond donors (Lipinski definition) is 1. The Bertz CT molecular complexity index is 955. The Labute approximate surface area is 155 Å². The molecular formula is C20H15Cl2N3. The van der Waals surface area contributed by atoms with Crippen LogP contribution in [-0.4, -0.2) is 14.5 Å². The van der Waals surface area contributed by atoms with Crippen molar-refractivity contribution in [2.45, 2.75) is 6.04 Å². The van der Waals surface area contributed by atoms with E-state index in [4.69, 9.17) is 23.2 Å². The number of nitrogens with zero attached hydrogens (tertiary/aromatic N) is 2. The first-order chi connectivity index (χ1) is 12.2. The maximum atomic E-state index is 6.05. The van der Waals surface area contributed by atoms with E-state index in [0.717, 1.165) is 32.4 Å². The van der Waals surface area contributed by atoms with Crippen molar-refractivity contribution < 1.29 is 0 Å². The first kappa shape index (κ1) is 16.0. The second kappa shape index (κ2) is 6.79. The van der Waals surface area contributed by atoms with Gasteiger partial charge in [-0.3, -0.25) is 0 Å². The summed E-state index contributed by atoms with van der Waals surface area (Å²) in [6.45, 7) is 0. The maximum Gasteiger partial charge on any atom is 0.0954 e. The maximum absolute atomic E-state index is 6.05. The van der Waals surface area contributed by atoms with E-state index >= 15 is 0 Å². The largest absolute Gasteiger partial charge is 0.361 e. The van der Waals surface area contributed by atoms with Gasteiger partial charge in [0.2, 0.25) is 0 Å². The summed E-state index contributed by atoms with van der Waals surface area (Å²) in [5, 5.41) is 1.46. The molecular weight excluding hydrogens is 353 g/mol. The molecule has 0 saturated carbocycles. The van der Waals surface area contributed by atoms with Gasteiger partial charge < -0.3 is 9.55 Å². The van der Waals surface area contributed by atoms with Crippen molar-refractivity contribution in [1.29, 1.82) is 0 Å². The highest BCUT2D eigenvalue weighted by Gasteiger charge is 2.18. The van der Waals surface area contributed by atoms with Gasteiger partial charge in [-0.05, 0) is 47.0 Å². The van der Waals surface area contributed by atoms with Crippen LogP contribution < -0.4 is 0 Å². The minimum absolute atomic E-state index is 0.0251. The molecule has 0 amide bonds. The fourth-order valence-corrected chi connectivity index (χ4v) is 3.22. The summed E-state index contributed by atoms with van der Waals surface area (Å²) < 4.78 is 2.08. The number of hydrogen-bond acceptors (Lipinski definition) is 1. The second-order valence-corrected chi connectivity index (χ2v) is 6.69. The Kier molecular flexibility index (Phi) is 4.35. The highest BCUT2D eigenvalue weighted by Crippen LogP contribution is 2.31. The first-order valence-corrected chi connectivity index (χ1v) is 8.63. The van der Waals surface area contributed by atoms with Crippen LogP contribution in [0.4, 0.5) is 0 Å². The first-order valence-electron chi connectivity index (χ1n) is 7.88. The summed E-state index contributed by atoms with van der Waals surface area (Å²) in [6.07, 6.45) is 7.61. The molecule has 0 aliphatic rings. The molecule has 0 aliphatic heterocycles. The Hall–Kier alpha value is -2.49. The van der Waals surface area contributed by atoms with Gasteiger partial charge in [0.05, 0.1) is 12.4 Å². The molecule has 2 heterocycles. The van der Waals surface area contributed by atoms with Gasteiger partial charge in [-0.1, -0.05) is 47.5 Å². The number of H-pyrrole nitrogens is 1. The summed E-state index contributed by atoms with van der Waals surface area (Å²) in [7, 11) is 0. The fraction of sp³-hybridized carbons (Fsp3) is 0.0500. The molecule has 3 nitrogen and oxygen atoms in total. The summed E-state index contributed by atoms with van der Waals surface area (Å²) in [5.41, 5.74) is 4.43. The quantitative estimate of drug-likeness (QED) is 0.484. The highest BCUT2D eigenvalue weighted by atomic mass is 35.5. The standard InChI is InChI=1S/C20H15Cl2N3/c21-17-5-1-14(2-6-17)19-11-16(12-24-19)20(25-10-9-23-13-25)15-3-7-18(22)8-4-15/h1-13,20,24H. The number of aromatic amines is 1. The lowest BCUT2D eigenvalue weighted by molar-refractivity contribution is 0.677. The normalized spacial score (nSPS) is 12.2. The van der Waals surface area contributed by atoms with Crippen LogP contribution in [0.25, 0.3) is 11.3 Å². The lowest BCUT2D eigenvalue weighted by atomic mass is 10.00. The van der Waals surface area contributed by atoms with Crippen molar-refractivity contribution >= 4 is 23.2 Å². The zero-order valence-electron chi connectivity index (χ0n) is 13.2. The van der Waals surface area contributed by atoms with E-state index in [9.17, 15) is 0 Å². The van der Waals surface area contributed by atoms with E-state index in [1.807, 2.05) is 67.3 Å². The predicted octanol–water partition coefficient (Wildman–Crippen LogP) is 5.82. The third-order valence-corrected chi connectivity index (χ3v) is 4.69. The number of rotatable bonds is 4. The van der Waals surface area contributed by atoms with E-state index in [2.05, 4.69) is 20.6 Å². The van der Waals surface area contributed by atoms with Gasteiger partial charge in [0.25, 0.3) is 0 Å². The molecule has 1 unspecified atom stereocenters. The van der Waals surface area contributed by atoms with Crippen LogP contribution in [0.3, 0.4) is 0 Å². The predicted molar refractivity (Wildman–Crippen MR) is 102 cm³/mol. The molecule has 0 saturated heterocycles. The van der Waals surface area contributed by atoms with E-state index in [1.54, 1.807) is 6.20 Å². The van der Waals surface area contributed by atoms with Crippen molar-refractivity contribution in [1.82, 2.24) is 14.5 Å². The Morgan fingerprint density at radius 3 is 2.20 bits per heavy atom. The number of benzene rings is 2. The van der Waals surface area contributed by atoms with Gasteiger partial charge in [0, 0.05) is 34.3 Å². The van der Waals surface area contributed by atoms with Gasteiger partial charge in [-0.2, -0.15) is 0 Å². The third kappa shape index (κ3) is 3.34. The molecule has 0 aliphatic carbocycles. The molecule has 2 aromatic heterocycles. The summed E-state index contributed by atoms with van der Waals surface area (Å²) in [4.78, 5) is 7.56. The van der Waals surface area contributed by atoms with Crippen molar-refractivity contribution in [3.8, 4) is 11.3 Å². The van der Waals surface area contributed by atoms with Gasteiger partial charge in [0.15, 0.2) is 0 Å². The molecule has 124 valence electrons. The number of aromatic nitrogens is 3.